The molecule has 0 spiro atoms. The van der Waals surface area contributed by atoms with Gasteiger partial charge in [-0.2, -0.15) is 5.10 Å². The van der Waals surface area contributed by atoms with Crippen molar-refractivity contribution in [3.05, 3.63) is 30.1 Å². The second kappa shape index (κ2) is 5.88. The van der Waals surface area contributed by atoms with Crippen molar-refractivity contribution in [3.8, 4) is 5.75 Å². The van der Waals surface area contributed by atoms with E-state index in [4.69, 9.17) is 4.74 Å². The van der Waals surface area contributed by atoms with Crippen LogP contribution in [0.15, 0.2) is 18.7 Å². The highest BCUT2D eigenvalue weighted by molar-refractivity contribution is 5.32. The van der Waals surface area contributed by atoms with Crippen LogP contribution in [0.1, 0.15) is 37.8 Å². The van der Waals surface area contributed by atoms with Crippen molar-refractivity contribution in [2.24, 2.45) is 0 Å². The Balaban J connectivity index is 2.42. The molecule has 1 unspecified atom stereocenters. The van der Waals surface area contributed by atoms with Crippen molar-refractivity contribution in [1.29, 1.82) is 0 Å². The summed E-state index contributed by atoms with van der Waals surface area (Å²) in [5, 5.41) is 14.9. The standard InChI is InChI=1S/C13H20N4O2/c1-4-6-17-12(11(19-3)8-15-17)13(18)10-7-14-9-16(10)5-2/h7-9,13,18H,4-6H2,1-3H3. The first kappa shape index (κ1) is 13.6. The van der Waals surface area contributed by atoms with Crippen LogP contribution in [0.4, 0.5) is 0 Å². The van der Waals surface area contributed by atoms with Crippen molar-refractivity contribution < 1.29 is 9.84 Å². The van der Waals surface area contributed by atoms with Gasteiger partial charge in [0.15, 0.2) is 5.75 Å². The number of aryl methyl sites for hydroxylation is 2. The van der Waals surface area contributed by atoms with E-state index in [9.17, 15) is 5.11 Å². The maximum atomic E-state index is 10.6. The highest BCUT2D eigenvalue weighted by Crippen LogP contribution is 2.29. The Morgan fingerprint density at radius 1 is 1.37 bits per heavy atom. The van der Waals surface area contributed by atoms with Crippen LogP contribution in [-0.2, 0) is 13.1 Å². The number of hydrogen-bond donors (Lipinski definition) is 1. The number of methoxy groups -OCH3 is 1. The predicted molar refractivity (Wildman–Crippen MR) is 71.0 cm³/mol. The number of nitrogens with zero attached hydrogens (tertiary/aromatic N) is 4. The third-order valence-electron chi connectivity index (χ3n) is 3.12. The Kier molecular flexibility index (Phi) is 4.21. The Morgan fingerprint density at radius 3 is 2.79 bits per heavy atom. The molecule has 104 valence electrons. The van der Waals surface area contributed by atoms with Gasteiger partial charge in [-0.05, 0) is 13.3 Å². The minimum atomic E-state index is -0.786. The van der Waals surface area contributed by atoms with Crippen LogP contribution < -0.4 is 4.74 Å². The molecule has 0 aliphatic heterocycles. The summed E-state index contributed by atoms with van der Waals surface area (Å²) in [6.45, 7) is 5.59. The fraction of sp³-hybridized carbons (Fsp3) is 0.538. The molecule has 0 amide bonds. The highest BCUT2D eigenvalue weighted by Gasteiger charge is 2.23. The first-order chi connectivity index (χ1) is 9.22. The van der Waals surface area contributed by atoms with Crippen LogP contribution in [0.25, 0.3) is 0 Å². The molecular formula is C13H20N4O2. The van der Waals surface area contributed by atoms with Crippen molar-refractivity contribution >= 4 is 0 Å². The number of rotatable bonds is 6. The summed E-state index contributed by atoms with van der Waals surface area (Å²) in [6, 6.07) is 0. The van der Waals surface area contributed by atoms with Crippen LogP contribution in [0.3, 0.4) is 0 Å². The van der Waals surface area contributed by atoms with Crippen LogP contribution in [-0.4, -0.2) is 31.5 Å². The molecule has 0 radical (unpaired) electrons. The van der Waals surface area contributed by atoms with Crippen LogP contribution in [0.2, 0.25) is 0 Å². The van der Waals surface area contributed by atoms with Crippen molar-refractivity contribution in [3.63, 3.8) is 0 Å². The Morgan fingerprint density at radius 2 is 2.16 bits per heavy atom. The molecule has 0 bridgehead atoms. The summed E-state index contributed by atoms with van der Waals surface area (Å²) in [4.78, 5) is 4.09. The predicted octanol–water partition coefficient (Wildman–Crippen LogP) is 1.60. The highest BCUT2D eigenvalue weighted by atomic mass is 16.5. The maximum Gasteiger partial charge on any atom is 0.163 e. The van der Waals surface area contributed by atoms with Gasteiger partial charge >= 0.3 is 0 Å². The van der Waals surface area contributed by atoms with E-state index >= 15 is 0 Å². The third-order valence-corrected chi connectivity index (χ3v) is 3.12. The summed E-state index contributed by atoms with van der Waals surface area (Å²) in [6.07, 6.45) is 5.19. The molecule has 6 nitrogen and oxygen atoms in total. The number of aromatic nitrogens is 4. The molecule has 0 aliphatic rings. The molecule has 6 heteroatoms. The Hall–Kier alpha value is -1.82. The van der Waals surface area contributed by atoms with Gasteiger partial charge in [0, 0.05) is 13.1 Å². The minimum Gasteiger partial charge on any atom is -0.493 e. The van der Waals surface area contributed by atoms with Crippen LogP contribution in [0.5, 0.6) is 5.75 Å². The number of hydrogen-bond acceptors (Lipinski definition) is 4. The zero-order valence-corrected chi connectivity index (χ0v) is 11.6. The average Bonchev–Trinajstić information content (AvgIpc) is 3.04. The zero-order chi connectivity index (χ0) is 13.8. The Bertz CT molecular complexity index is 532. The quantitative estimate of drug-likeness (QED) is 0.860. The lowest BCUT2D eigenvalue weighted by Gasteiger charge is -2.16. The van der Waals surface area contributed by atoms with Crippen molar-refractivity contribution in [2.75, 3.05) is 7.11 Å². The van der Waals surface area contributed by atoms with E-state index in [0.29, 0.717) is 11.4 Å². The van der Waals surface area contributed by atoms with Gasteiger partial charge in [0.25, 0.3) is 0 Å². The molecule has 19 heavy (non-hydrogen) atoms. The second-order valence-electron chi connectivity index (χ2n) is 4.33. The zero-order valence-electron chi connectivity index (χ0n) is 11.6. The SMILES string of the molecule is CCCn1ncc(OC)c1C(O)c1cncn1CC. The van der Waals surface area contributed by atoms with Gasteiger partial charge in [-0.1, -0.05) is 6.92 Å². The second-order valence-corrected chi connectivity index (χ2v) is 4.33. The molecule has 2 aromatic heterocycles. The van der Waals surface area contributed by atoms with Gasteiger partial charge in [0.05, 0.1) is 31.5 Å². The molecule has 0 saturated heterocycles. The summed E-state index contributed by atoms with van der Waals surface area (Å²) >= 11 is 0. The van der Waals surface area contributed by atoms with Crippen LogP contribution in [0, 0.1) is 0 Å². The molecular weight excluding hydrogens is 244 g/mol. The smallest absolute Gasteiger partial charge is 0.163 e. The fourth-order valence-electron chi connectivity index (χ4n) is 2.16. The van der Waals surface area contributed by atoms with Gasteiger partial charge in [-0.25, -0.2) is 4.98 Å². The molecule has 0 aliphatic carbocycles. The number of ether oxygens (including phenoxy) is 1. The van der Waals surface area contributed by atoms with E-state index in [1.165, 1.54) is 0 Å². The molecule has 2 aromatic rings. The summed E-state index contributed by atoms with van der Waals surface area (Å²) in [5.41, 5.74) is 1.43. The fourth-order valence-corrected chi connectivity index (χ4v) is 2.16. The molecule has 1 N–H and O–H groups in total. The minimum absolute atomic E-state index is 0.602. The average molecular weight is 264 g/mol. The molecule has 2 rings (SSSR count). The lowest BCUT2D eigenvalue weighted by molar-refractivity contribution is 0.192. The number of aliphatic hydroxyl groups excluding tert-OH is 1. The largest absolute Gasteiger partial charge is 0.493 e. The van der Waals surface area contributed by atoms with Gasteiger partial charge in [0.1, 0.15) is 11.8 Å². The van der Waals surface area contributed by atoms with Crippen molar-refractivity contribution in [1.82, 2.24) is 19.3 Å². The van der Waals surface area contributed by atoms with E-state index in [2.05, 4.69) is 17.0 Å². The maximum absolute atomic E-state index is 10.6. The third kappa shape index (κ3) is 2.49. The van der Waals surface area contributed by atoms with E-state index in [-0.39, 0.29) is 0 Å². The summed E-state index contributed by atoms with van der Waals surface area (Å²) < 4.78 is 8.99. The monoisotopic (exact) mass is 264 g/mol. The first-order valence-corrected chi connectivity index (χ1v) is 6.50. The molecule has 0 aromatic carbocycles. The van der Waals surface area contributed by atoms with Gasteiger partial charge in [0.2, 0.25) is 0 Å². The summed E-state index contributed by atoms with van der Waals surface area (Å²) in [5.74, 6) is 0.602. The molecule has 0 saturated carbocycles. The molecule has 0 fully saturated rings. The number of imidazole rings is 1. The lowest BCUT2D eigenvalue weighted by atomic mass is 10.2. The van der Waals surface area contributed by atoms with Crippen LogP contribution >= 0.6 is 0 Å². The number of aliphatic hydroxyl groups is 1. The normalized spacial score (nSPS) is 12.6. The van der Waals surface area contributed by atoms with E-state index in [1.54, 1.807) is 30.5 Å². The Labute approximate surface area is 112 Å². The topological polar surface area (TPSA) is 65.1 Å². The summed E-state index contributed by atoms with van der Waals surface area (Å²) in [7, 11) is 1.58. The molecule has 2 heterocycles. The van der Waals surface area contributed by atoms with Gasteiger partial charge < -0.3 is 14.4 Å². The first-order valence-electron chi connectivity index (χ1n) is 6.50. The van der Waals surface area contributed by atoms with Gasteiger partial charge in [-0.15, -0.1) is 0 Å². The van der Waals surface area contributed by atoms with E-state index < -0.39 is 6.10 Å². The van der Waals surface area contributed by atoms with E-state index in [1.807, 2.05) is 11.5 Å². The lowest BCUT2D eigenvalue weighted by Crippen LogP contribution is -2.14. The van der Waals surface area contributed by atoms with E-state index in [0.717, 1.165) is 25.2 Å². The molecule has 1 atom stereocenters. The van der Waals surface area contributed by atoms with Gasteiger partial charge in [-0.3, -0.25) is 4.68 Å². The van der Waals surface area contributed by atoms with Crippen molar-refractivity contribution in [2.45, 2.75) is 39.5 Å².